The van der Waals surface area contributed by atoms with Crippen LogP contribution in [0.15, 0.2) is 73.1 Å². The summed E-state index contributed by atoms with van der Waals surface area (Å²) in [5.74, 6) is 0.731. The van der Waals surface area contributed by atoms with Gasteiger partial charge in [-0.2, -0.15) is 5.26 Å². The molecule has 0 fully saturated rings. The summed E-state index contributed by atoms with van der Waals surface area (Å²) >= 11 is 0. The molecule has 140 valence electrons. The van der Waals surface area contributed by atoms with E-state index in [1.165, 1.54) is 0 Å². The van der Waals surface area contributed by atoms with E-state index in [0.29, 0.717) is 25.3 Å². The van der Waals surface area contributed by atoms with Gasteiger partial charge in [0.15, 0.2) is 0 Å². The SMILES string of the molecule is N#CCc1ccc(OCc2cccc(NC(=O)NCc3cccnc3)c2)cc1. The molecular formula is C22H20N4O2. The molecule has 1 aromatic heterocycles. The largest absolute Gasteiger partial charge is 0.489 e. The summed E-state index contributed by atoms with van der Waals surface area (Å²) < 4.78 is 5.77. The number of ether oxygens (including phenoxy) is 1. The number of hydrogen-bond donors (Lipinski definition) is 2. The Morgan fingerprint density at radius 1 is 1.04 bits per heavy atom. The van der Waals surface area contributed by atoms with Gasteiger partial charge in [-0.25, -0.2) is 4.79 Å². The molecule has 0 aliphatic heterocycles. The Labute approximate surface area is 163 Å². The quantitative estimate of drug-likeness (QED) is 0.655. The second kappa shape index (κ2) is 9.74. The van der Waals surface area contributed by atoms with E-state index in [0.717, 1.165) is 22.4 Å². The monoisotopic (exact) mass is 372 g/mol. The normalized spacial score (nSPS) is 9.96. The number of nitrogens with zero attached hydrogens (tertiary/aromatic N) is 2. The molecule has 2 amide bonds. The van der Waals surface area contributed by atoms with E-state index in [9.17, 15) is 4.79 Å². The predicted octanol–water partition coefficient (Wildman–Crippen LogP) is 4.05. The summed E-state index contributed by atoms with van der Waals surface area (Å²) in [6, 6.07) is 20.5. The number of carbonyl (C=O) groups excluding carboxylic acids is 1. The predicted molar refractivity (Wildman–Crippen MR) is 107 cm³/mol. The third-order valence-electron chi connectivity index (χ3n) is 3.97. The van der Waals surface area contributed by atoms with Gasteiger partial charge < -0.3 is 15.4 Å². The highest BCUT2D eigenvalue weighted by atomic mass is 16.5. The summed E-state index contributed by atoms with van der Waals surface area (Å²) in [4.78, 5) is 16.1. The van der Waals surface area contributed by atoms with Crippen LogP contribution in [0.4, 0.5) is 10.5 Å². The van der Waals surface area contributed by atoms with Crippen LogP contribution < -0.4 is 15.4 Å². The Morgan fingerprint density at radius 3 is 2.61 bits per heavy atom. The highest BCUT2D eigenvalue weighted by Gasteiger charge is 2.04. The number of urea groups is 1. The molecule has 0 atom stereocenters. The van der Waals surface area contributed by atoms with E-state index in [1.807, 2.05) is 60.7 Å². The highest BCUT2D eigenvalue weighted by molar-refractivity contribution is 5.89. The molecule has 0 saturated carbocycles. The van der Waals surface area contributed by atoms with E-state index in [-0.39, 0.29) is 6.03 Å². The first-order valence-electron chi connectivity index (χ1n) is 8.84. The lowest BCUT2D eigenvalue weighted by Crippen LogP contribution is -2.28. The van der Waals surface area contributed by atoms with Gasteiger partial charge in [-0.15, -0.1) is 0 Å². The molecule has 2 N–H and O–H groups in total. The molecule has 28 heavy (non-hydrogen) atoms. The Kier molecular flexibility index (Phi) is 6.58. The van der Waals surface area contributed by atoms with E-state index in [4.69, 9.17) is 10.00 Å². The highest BCUT2D eigenvalue weighted by Crippen LogP contribution is 2.16. The first kappa shape index (κ1) is 18.9. The van der Waals surface area contributed by atoms with E-state index >= 15 is 0 Å². The van der Waals surface area contributed by atoms with Crippen LogP contribution in [0, 0.1) is 11.3 Å². The fraction of sp³-hybridized carbons (Fsp3) is 0.136. The van der Waals surface area contributed by atoms with E-state index in [2.05, 4.69) is 21.7 Å². The number of amides is 2. The Bertz CT molecular complexity index is 950. The zero-order chi connectivity index (χ0) is 19.6. The average molecular weight is 372 g/mol. The van der Waals surface area contributed by atoms with Crippen LogP contribution in [-0.2, 0) is 19.6 Å². The topological polar surface area (TPSA) is 87.0 Å². The van der Waals surface area contributed by atoms with Gasteiger partial charge in [0.25, 0.3) is 0 Å². The maximum absolute atomic E-state index is 12.1. The van der Waals surface area contributed by atoms with Crippen LogP contribution in [-0.4, -0.2) is 11.0 Å². The number of nitrogens with one attached hydrogen (secondary N) is 2. The second-order valence-corrected chi connectivity index (χ2v) is 6.14. The van der Waals surface area contributed by atoms with Crippen molar-refractivity contribution >= 4 is 11.7 Å². The molecule has 6 nitrogen and oxygen atoms in total. The van der Waals surface area contributed by atoms with E-state index in [1.54, 1.807) is 12.4 Å². The first-order chi connectivity index (χ1) is 13.7. The van der Waals surface area contributed by atoms with Gasteiger partial charge in [0.2, 0.25) is 0 Å². The van der Waals surface area contributed by atoms with Crippen molar-refractivity contribution in [3.8, 4) is 11.8 Å². The van der Waals surface area contributed by atoms with Crippen molar-refractivity contribution in [2.45, 2.75) is 19.6 Å². The van der Waals surface area contributed by atoms with Crippen LogP contribution in [0.1, 0.15) is 16.7 Å². The average Bonchev–Trinajstić information content (AvgIpc) is 2.73. The third-order valence-corrected chi connectivity index (χ3v) is 3.97. The molecule has 1 heterocycles. The van der Waals surface area contributed by atoms with Crippen molar-refractivity contribution < 1.29 is 9.53 Å². The smallest absolute Gasteiger partial charge is 0.319 e. The third kappa shape index (κ3) is 5.85. The summed E-state index contributed by atoms with van der Waals surface area (Å²) in [7, 11) is 0. The van der Waals surface area contributed by atoms with Gasteiger partial charge in [-0.3, -0.25) is 4.98 Å². The van der Waals surface area contributed by atoms with Crippen LogP contribution in [0.3, 0.4) is 0 Å². The number of hydrogen-bond acceptors (Lipinski definition) is 4. The lowest BCUT2D eigenvalue weighted by atomic mass is 10.1. The van der Waals surface area contributed by atoms with Crippen molar-refractivity contribution in [2.75, 3.05) is 5.32 Å². The lowest BCUT2D eigenvalue weighted by molar-refractivity contribution is 0.251. The number of nitriles is 1. The molecule has 3 rings (SSSR count). The molecule has 6 heteroatoms. The van der Waals surface area contributed by atoms with Crippen LogP contribution >= 0.6 is 0 Å². The van der Waals surface area contributed by atoms with Gasteiger partial charge in [0, 0.05) is 24.6 Å². The van der Waals surface area contributed by atoms with Gasteiger partial charge >= 0.3 is 6.03 Å². The minimum atomic E-state index is -0.282. The van der Waals surface area contributed by atoms with Crippen molar-refractivity contribution in [2.24, 2.45) is 0 Å². The number of rotatable bonds is 7. The van der Waals surface area contributed by atoms with Crippen LogP contribution in [0.2, 0.25) is 0 Å². The lowest BCUT2D eigenvalue weighted by Gasteiger charge is -2.10. The number of anilines is 1. The molecule has 2 aromatic carbocycles. The van der Waals surface area contributed by atoms with Gasteiger partial charge in [-0.1, -0.05) is 30.3 Å². The Balaban J connectivity index is 1.50. The van der Waals surface area contributed by atoms with Gasteiger partial charge in [0.05, 0.1) is 12.5 Å². The molecule has 0 bridgehead atoms. The molecular weight excluding hydrogens is 352 g/mol. The Morgan fingerprint density at radius 2 is 1.86 bits per heavy atom. The summed E-state index contributed by atoms with van der Waals surface area (Å²) in [6.45, 7) is 0.786. The molecule has 0 spiro atoms. The number of benzene rings is 2. The minimum absolute atomic E-state index is 0.282. The molecule has 0 unspecified atom stereocenters. The van der Waals surface area contributed by atoms with Crippen molar-refractivity contribution in [1.82, 2.24) is 10.3 Å². The van der Waals surface area contributed by atoms with Crippen LogP contribution in [0.25, 0.3) is 0 Å². The first-order valence-corrected chi connectivity index (χ1v) is 8.84. The summed E-state index contributed by atoms with van der Waals surface area (Å²) in [5.41, 5.74) is 3.51. The fourth-order valence-electron chi connectivity index (χ4n) is 2.56. The van der Waals surface area contributed by atoms with E-state index < -0.39 is 0 Å². The Hall–Kier alpha value is -3.85. The molecule has 0 saturated heterocycles. The second-order valence-electron chi connectivity index (χ2n) is 6.14. The maximum Gasteiger partial charge on any atom is 0.319 e. The zero-order valence-corrected chi connectivity index (χ0v) is 15.3. The fourth-order valence-corrected chi connectivity index (χ4v) is 2.56. The maximum atomic E-state index is 12.1. The molecule has 0 radical (unpaired) electrons. The van der Waals surface area contributed by atoms with Crippen molar-refractivity contribution in [1.29, 1.82) is 5.26 Å². The van der Waals surface area contributed by atoms with Crippen LogP contribution in [0.5, 0.6) is 5.75 Å². The van der Waals surface area contributed by atoms with Crippen molar-refractivity contribution in [3.63, 3.8) is 0 Å². The number of aromatic nitrogens is 1. The summed E-state index contributed by atoms with van der Waals surface area (Å²) in [5, 5.41) is 14.3. The van der Waals surface area contributed by atoms with Crippen molar-refractivity contribution in [3.05, 3.63) is 89.7 Å². The summed E-state index contributed by atoms with van der Waals surface area (Å²) in [6.07, 6.45) is 3.79. The molecule has 0 aliphatic carbocycles. The van der Waals surface area contributed by atoms with Gasteiger partial charge in [0.1, 0.15) is 12.4 Å². The minimum Gasteiger partial charge on any atom is -0.489 e. The number of pyridine rings is 1. The zero-order valence-electron chi connectivity index (χ0n) is 15.3. The van der Waals surface area contributed by atoms with Gasteiger partial charge in [-0.05, 0) is 47.0 Å². The molecule has 0 aliphatic rings. The number of carbonyl (C=O) groups is 1. The standard InChI is InChI=1S/C22H20N4O2/c23-11-10-17-6-8-21(9-7-17)28-16-18-3-1-5-20(13-18)26-22(27)25-15-19-4-2-12-24-14-19/h1-9,12-14H,10,15-16H2,(H2,25,26,27). The molecule has 3 aromatic rings.